The van der Waals surface area contributed by atoms with Gasteiger partial charge in [-0.05, 0) is 27.7 Å². The minimum absolute atomic E-state index is 0. The molecule has 0 bridgehead atoms. The predicted molar refractivity (Wildman–Crippen MR) is 74.1 cm³/mol. The fraction of sp³-hybridized carbons (Fsp3) is 0.769. The molecular formula is C13H19KN2O5S. The average molecular weight is 354 g/mol. The van der Waals surface area contributed by atoms with Crippen LogP contribution in [0.15, 0.2) is 0 Å². The zero-order chi connectivity index (χ0) is 15.9. The topological polar surface area (TPSA) is 98.8 Å². The minimum atomic E-state index is -1.27. The fourth-order valence-corrected chi connectivity index (χ4v) is 4.34. The Kier molecular flexibility index (Phi) is 6.95. The van der Waals surface area contributed by atoms with E-state index < -0.39 is 28.9 Å². The number of nitrogens with zero attached hydrogens (tertiary/aromatic N) is 1. The van der Waals surface area contributed by atoms with E-state index in [0.29, 0.717) is 6.61 Å². The maximum atomic E-state index is 12.1. The molecule has 118 valence electrons. The number of carbonyl (C=O) groups is 3. The summed E-state index contributed by atoms with van der Waals surface area (Å²) in [5.41, 5.74) is 0. The van der Waals surface area contributed by atoms with Crippen LogP contribution in [0.4, 0.5) is 0 Å². The summed E-state index contributed by atoms with van der Waals surface area (Å²) in [7, 11) is 0. The van der Waals surface area contributed by atoms with Crippen LogP contribution in [0.1, 0.15) is 27.7 Å². The third-order valence-corrected chi connectivity index (χ3v) is 5.32. The Bertz CT molecular complexity index is 487. The Labute approximate surface area is 176 Å². The molecule has 4 atom stereocenters. The first-order valence-electron chi connectivity index (χ1n) is 6.83. The van der Waals surface area contributed by atoms with Crippen molar-refractivity contribution in [2.24, 2.45) is 0 Å². The Balaban J connectivity index is 0.00000242. The monoisotopic (exact) mass is 354 g/mol. The SMILES string of the molecule is CCOC(C)C(=O)NC1C(=O)N2C1SC(C)(C)C2C(=O)[O-].[K+]. The van der Waals surface area contributed by atoms with Crippen LogP contribution in [-0.4, -0.2) is 57.6 Å². The zero-order valence-electron chi connectivity index (χ0n) is 13.4. The van der Waals surface area contributed by atoms with E-state index in [0.717, 1.165) is 0 Å². The van der Waals surface area contributed by atoms with Crippen molar-refractivity contribution < 1.29 is 75.6 Å². The molecule has 0 aromatic rings. The molecule has 2 fully saturated rings. The Morgan fingerprint density at radius 3 is 2.59 bits per heavy atom. The van der Waals surface area contributed by atoms with Crippen LogP contribution < -0.4 is 61.8 Å². The number of nitrogens with one attached hydrogen (secondary N) is 1. The van der Waals surface area contributed by atoms with Crippen molar-refractivity contribution in [2.45, 2.75) is 56.0 Å². The molecule has 4 unspecified atom stereocenters. The molecule has 22 heavy (non-hydrogen) atoms. The average Bonchev–Trinajstić information content (AvgIpc) is 2.64. The van der Waals surface area contributed by atoms with E-state index in [4.69, 9.17) is 4.74 Å². The number of carboxylic acids is 1. The van der Waals surface area contributed by atoms with E-state index in [9.17, 15) is 19.5 Å². The van der Waals surface area contributed by atoms with Gasteiger partial charge in [0, 0.05) is 11.4 Å². The van der Waals surface area contributed by atoms with Crippen LogP contribution in [-0.2, 0) is 19.1 Å². The second-order valence-electron chi connectivity index (χ2n) is 5.66. The van der Waals surface area contributed by atoms with Gasteiger partial charge in [-0.15, -0.1) is 11.8 Å². The summed E-state index contributed by atoms with van der Waals surface area (Å²) in [6.45, 7) is 7.30. The number of aliphatic carboxylic acids is 1. The van der Waals surface area contributed by atoms with Crippen LogP contribution in [0.25, 0.3) is 0 Å². The molecule has 0 saturated carbocycles. The van der Waals surface area contributed by atoms with Gasteiger partial charge < -0.3 is 24.9 Å². The maximum absolute atomic E-state index is 12.1. The van der Waals surface area contributed by atoms with E-state index >= 15 is 0 Å². The predicted octanol–water partition coefficient (Wildman–Crippen LogP) is -4.29. The molecule has 0 radical (unpaired) electrons. The summed E-state index contributed by atoms with van der Waals surface area (Å²) in [5, 5.41) is 13.5. The number of carboxylic acid groups (broad SMARTS) is 1. The summed E-state index contributed by atoms with van der Waals surface area (Å²) in [4.78, 5) is 36.6. The summed E-state index contributed by atoms with van der Waals surface area (Å²) < 4.78 is 4.52. The third-order valence-electron chi connectivity index (χ3n) is 3.75. The van der Waals surface area contributed by atoms with Crippen LogP contribution in [0.3, 0.4) is 0 Å². The Morgan fingerprint density at radius 1 is 1.50 bits per heavy atom. The number of rotatable bonds is 5. The molecule has 2 amide bonds. The van der Waals surface area contributed by atoms with Gasteiger partial charge in [0.05, 0.1) is 12.0 Å². The Hall–Kier alpha value is 0.356. The standard InChI is InChI=1S/C13H20N2O5S.K/c1-5-20-6(2)9(16)14-7-10(17)15-8(12(18)19)13(3,4)21-11(7)15;/h6-8,11H,5H2,1-4H3,(H,14,16)(H,18,19);/q;+1/p-1. The quantitative estimate of drug-likeness (QED) is 0.396. The normalized spacial score (nSPS) is 29.9. The first kappa shape index (κ1) is 20.4. The molecule has 0 aliphatic carbocycles. The number of hydrogen-bond acceptors (Lipinski definition) is 6. The fourth-order valence-electron chi connectivity index (χ4n) is 2.72. The number of fused-ring (bicyclic) bond motifs is 1. The zero-order valence-corrected chi connectivity index (χ0v) is 17.4. The molecule has 7 nitrogen and oxygen atoms in total. The number of amides is 2. The largest absolute Gasteiger partial charge is 1.00 e. The van der Waals surface area contributed by atoms with Crippen LogP contribution in [0.2, 0.25) is 0 Å². The molecule has 2 heterocycles. The molecule has 0 aromatic heterocycles. The van der Waals surface area contributed by atoms with E-state index in [-0.39, 0.29) is 68.6 Å². The van der Waals surface area contributed by atoms with Gasteiger partial charge in [-0.2, -0.15) is 0 Å². The van der Waals surface area contributed by atoms with Crippen LogP contribution in [0.5, 0.6) is 0 Å². The first-order valence-corrected chi connectivity index (χ1v) is 7.71. The van der Waals surface area contributed by atoms with Gasteiger partial charge in [0.2, 0.25) is 11.8 Å². The molecular weight excluding hydrogens is 335 g/mol. The van der Waals surface area contributed by atoms with Gasteiger partial charge in [-0.25, -0.2) is 0 Å². The van der Waals surface area contributed by atoms with Crippen molar-refractivity contribution in [1.82, 2.24) is 10.2 Å². The summed E-state index contributed by atoms with van der Waals surface area (Å²) in [6, 6.07) is -1.67. The minimum Gasteiger partial charge on any atom is -0.548 e. The summed E-state index contributed by atoms with van der Waals surface area (Å²) >= 11 is 1.36. The molecule has 2 aliphatic rings. The maximum Gasteiger partial charge on any atom is 1.00 e. The van der Waals surface area contributed by atoms with Gasteiger partial charge >= 0.3 is 51.4 Å². The van der Waals surface area contributed by atoms with Crippen LogP contribution >= 0.6 is 11.8 Å². The number of β-lactam (4-membered cyclic amide) rings is 1. The molecule has 2 rings (SSSR count). The van der Waals surface area contributed by atoms with E-state index in [1.165, 1.54) is 16.7 Å². The van der Waals surface area contributed by atoms with Gasteiger partial charge in [0.15, 0.2) is 0 Å². The van der Waals surface area contributed by atoms with Gasteiger partial charge in [-0.1, -0.05) is 0 Å². The van der Waals surface area contributed by atoms with Crippen molar-refractivity contribution in [3.8, 4) is 0 Å². The molecule has 9 heteroatoms. The van der Waals surface area contributed by atoms with Crippen LogP contribution in [0, 0.1) is 0 Å². The first-order chi connectivity index (χ1) is 9.70. The second kappa shape index (κ2) is 7.50. The second-order valence-corrected chi connectivity index (χ2v) is 7.43. The molecule has 0 spiro atoms. The van der Waals surface area contributed by atoms with E-state index in [1.807, 2.05) is 0 Å². The third kappa shape index (κ3) is 3.55. The van der Waals surface area contributed by atoms with Gasteiger partial charge in [-0.3, -0.25) is 9.59 Å². The number of carbonyl (C=O) groups excluding carboxylic acids is 3. The summed E-state index contributed by atoms with van der Waals surface area (Å²) in [6.07, 6.45) is -0.645. The van der Waals surface area contributed by atoms with Crippen molar-refractivity contribution in [1.29, 1.82) is 0 Å². The number of hydrogen-bond donors (Lipinski definition) is 1. The molecule has 2 saturated heterocycles. The number of thioether (sulfide) groups is 1. The number of ether oxygens (including phenoxy) is 1. The Morgan fingerprint density at radius 2 is 2.09 bits per heavy atom. The molecule has 1 N–H and O–H groups in total. The van der Waals surface area contributed by atoms with Crippen molar-refractivity contribution in [2.75, 3.05) is 6.61 Å². The van der Waals surface area contributed by atoms with Crippen molar-refractivity contribution >= 4 is 29.5 Å². The molecule has 2 aliphatic heterocycles. The van der Waals surface area contributed by atoms with Crippen molar-refractivity contribution in [3.63, 3.8) is 0 Å². The van der Waals surface area contributed by atoms with Gasteiger partial charge in [0.25, 0.3) is 0 Å². The van der Waals surface area contributed by atoms with Crippen molar-refractivity contribution in [3.05, 3.63) is 0 Å². The summed E-state index contributed by atoms with van der Waals surface area (Å²) in [5.74, 6) is -2.02. The smallest absolute Gasteiger partial charge is 0.548 e. The molecule has 0 aromatic carbocycles. The van der Waals surface area contributed by atoms with E-state index in [2.05, 4.69) is 5.32 Å². The van der Waals surface area contributed by atoms with E-state index in [1.54, 1.807) is 27.7 Å². The van der Waals surface area contributed by atoms with Gasteiger partial charge in [0.1, 0.15) is 17.5 Å².